The van der Waals surface area contributed by atoms with Gasteiger partial charge in [0, 0.05) is 44.5 Å². The molecule has 0 fully saturated rings. The molecule has 2 heterocycles. The van der Waals surface area contributed by atoms with Crippen LogP contribution in [0.2, 0.25) is 0 Å². The van der Waals surface area contributed by atoms with Gasteiger partial charge in [0.2, 0.25) is 0 Å². The fourth-order valence-electron chi connectivity index (χ4n) is 8.46. The second-order valence-electron chi connectivity index (χ2n) is 14.3. The highest BCUT2D eigenvalue weighted by atomic mass is 16.3. The maximum atomic E-state index is 7.16. The first kappa shape index (κ1) is 32.0. The van der Waals surface area contributed by atoms with E-state index in [0.29, 0.717) is 17.5 Å². The van der Waals surface area contributed by atoms with Crippen molar-refractivity contribution in [3.63, 3.8) is 0 Å². The minimum Gasteiger partial charge on any atom is -0.455 e. The quantitative estimate of drug-likeness (QED) is 0.172. The van der Waals surface area contributed by atoms with Crippen LogP contribution in [0.3, 0.4) is 0 Å². The Morgan fingerprint density at radius 1 is 0.339 bits per heavy atom. The molecular weight excluding hydrogens is 683 g/mol. The van der Waals surface area contributed by atoms with Gasteiger partial charge in [-0.25, -0.2) is 15.0 Å². The van der Waals surface area contributed by atoms with Crippen LogP contribution < -0.4 is 0 Å². The first-order valence-electron chi connectivity index (χ1n) is 19.0. The van der Waals surface area contributed by atoms with E-state index >= 15 is 0 Å². The predicted octanol–water partition coefficient (Wildman–Crippen LogP) is 13.3. The zero-order chi connectivity index (χ0) is 37.0. The summed E-state index contributed by atoms with van der Waals surface area (Å²) < 4.78 is 7.16. The van der Waals surface area contributed by atoms with Gasteiger partial charge in [0.05, 0.1) is 0 Å². The summed E-state index contributed by atoms with van der Waals surface area (Å²) in [6, 6.07) is 67.9. The van der Waals surface area contributed by atoms with Crippen molar-refractivity contribution in [1.82, 2.24) is 15.0 Å². The molecule has 0 spiro atoms. The van der Waals surface area contributed by atoms with E-state index in [-0.39, 0.29) is 5.92 Å². The van der Waals surface area contributed by atoms with Crippen LogP contribution in [-0.4, -0.2) is 15.0 Å². The van der Waals surface area contributed by atoms with E-state index in [1.165, 1.54) is 27.8 Å². The zero-order valence-corrected chi connectivity index (χ0v) is 30.3. The van der Waals surface area contributed by atoms with E-state index < -0.39 is 0 Å². The lowest BCUT2D eigenvalue weighted by Crippen LogP contribution is -2.01. The SMILES string of the molecule is c1ccc(-c2ccc(-c3cccc4c3oc3c5c(ccc34)C(c3ccccc3)c3ccccc3-5)c(-c3nc(-c4ccccc4)nc(-c4ccccc4)n3)c2)cc1. The molecule has 1 unspecified atom stereocenters. The average molecular weight is 716 g/mol. The van der Waals surface area contributed by atoms with Crippen LogP contribution in [0.5, 0.6) is 0 Å². The summed E-state index contributed by atoms with van der Waals surface area (Å²) in [4.78, 5) is 15.4. The van der Waals surface area contributed by atoms with Gasteiger partial charge in [-0.15, -0.1) is 0 Å². The Morgan fingerprint density at radius 2 is 0.911 bits per heavy atom. The number of para-hydroxylation sites is 1. The van der Waals surface area contributed by atoms with Gasteiger partial charge in [-0.3, -0.25) is 0 Å². The molecule has 262 valence electrons. The third-order valence-electron chi connectivity index (χ3n) is 11.0. The predicted molar refractivity (Wildman–Crippen MR) is 227 cm³/mol. The molecule has 0 saturated carbocycles. The van der Waals surface area contributed by atoms with Crippen molar-refractivity contribution in [3.05, 3.63) is 211 Å². The smallest absolute Gasteiger partial charge is 0.164 e. The van der Waals surface area contributed by atoms with E-state index in [1.54, 1.807) is 0 Å². The van der Waals surface area contributed by atoms with E-state index in [9.17, 15) is 0 Å². The average Bonchev–Trinajstić information content (AvgIpc) is 3.83. The number of hydrogen-bond donors (Lipinski definition) is 0. The Balaban J connectivity index is 1.16. The Bertz CT molecular complexity index is 3010. The van der Waals surface area contributed by atoms with Crippen LogP contribution >= 0.6 is 0 Å². The Hall–Kier alpha value is -7.43. The molecule has 0 saturated heterocycles. The maximum absolute atomic E-state index is 7.16. The van der Waals surface area contributed by atoms with Gasteiger partial charge in [0.1, 0.15) is 11.2 Å². The molecule has 0 aliphatic heterocycles. The van der Waals surface area contributed by atoms with Crippen LogP contribution in [0.15, 0.2) is 199 Å². The molecule has 10 aromatic rings. The fourth-order valence-corrected chi connectivity index (χ4v) is 8.46. The number of hydrogen-bond acceptors (Lipinski definition) is 4. The van der Waals surface area contributed by atoms with Crippen molar-refractivity contribution in [3.8, 4) is 67.5 Å². The zero-order valence-electron chi connectivity index (χ0n) is 30.3. The maximum Gasteiger partial charge on any atom is 0.164 e. The third-order valence-corrected chi connectivity index (χ3v) is 11.0. The molecule has 8 aromatic carbocycles. The molecule has 1 atom stereocenters. The summed E-state index contributed by atoms with van der Waals surface area (Å²) in [6.07, 6.45) is 0. The van der Waals surface area contributed by atoms with Crippen molar-refractivity contribution in [1.29, 1.82) is 0 Å². The number of rotatable bonds is 6. The van der Waals surface area contributed by atoms with Gasteiger partial charge in [-0.1, -0.05) is 188 Å². The Labute approximate surface area is 324 Å². The molecule has 2 aromatic heterocycles. The molecule has 4 heteroatoms. The lowest BCUT2D eigenvalue weighted by Gasteiger charge is -2.14. The van der Waals surface area contributed by atoms with Gasteiger partial charge in [-0.05, 0) is 45.0 Å². The first-order chi connectivity index (χ1) is 27.8. The minimum atomic E-state index is 0.137. The second kappa shape index (κ2) is 13.2. The summed E-state index contributed by atoms with van der Waals surface area (Å²) in [6.45, 7) is 0. The van der Waals surface area contributed by atoms with Crippen molar-refractivity contribution in [2.45, 2.75) is 5.92 Å². The van der Waals surface area contributed by atoms with Gasteiger partial charge >= 0.3 is 0 Å². The molecule has 11 rings (SSSR count). The van der Waals surface area contributed by atoms with Crippen molar-refractivity contribution >= 4 is 21.9 Å². The van der Waals surface area contributed by atoms with E-state index in [4.69, 9.17) is 19.4 Å². The van der Waals surface area contributed by atoms with E-state index in [1.807, 2.05) is 66.7 Å². The van der Waals surface area contributed by atoms with Crippen LogP contribution in [0.4, 0.5) is 0 Å². The van der Waals surface area contributed by atoms with Crippen molar-refractivity contribution in [2.75, 3.05) is 0 Å². The normalized spacial score (nSPS) is 13.2. The standard InChI is InChI=1S/C52H33N3O/c1-5-16-33(17-6-1)37-28-29-38(45(32-37)52-54-50(35-20-9-3-10-21-35)53-51(55-52)36-22-11-4-12-23-36)41-26-15-27-42-43-30-31-44-46(34-18-7-2-8-19-34)39-24-13-14-25-40(39)47(44)49(43)56-48(41)42/h1-32,46H. The molecule has 1 aliphatic rings. The van der Waals surface area contributed by atoms with Crippen molar-refractivity contribution < 1.29 is 4.42 Å². The van der Waals surface area contributed by atoms with Gasteiger partial charge in [0.25, 0.3) is 0 Å². The molecule has 56 heavy (non-hydrogen) atoms. The van der Waals surface area contributed by atoms with Gasteiger partial charge < -0.3 is 4.42 Å². The van der Waals surface area contributed by atoms with Crippen LogP contribution in [0.1, 0.15) is 22.6 Å². The largest absolute Gasteiger partial charge is 0.455 e. The minimum absolute atomic E-state index is 0.137. The second-order valence-corrected chi connectivity index (χ2v) is 14.3. The molecule has 1 aliphatic carbocycles. The Morgan fingerprint density at radius 3 is 1.61 bits per heavy atom. The van der Waals surface area contributed by atoms with E-state index in [2.05, 4.69) is 127 Å². The van der Waals surface area contributed by atoms with Crippen LogP contribution in [0.25, 0.3) is 89.5 Å². The number of fused-ring (bicyclic) bond motifs is 7. The monoisotopic (exact) mass is 715 g/mol. The first-order valence-corrected chi connectivity index (χ1v) is 19.0. The summed E-state index contributed by atoms with van der Waals surface area (Å²) in [5.41, 5.74) is 14.9. The number of furan rings is 1. The highest BCUT2D eigenvalue weighted by Gasteiger charge is 2.33. The molecule has 0 amide bonds. The number of aromatic nitrogens is 3. The summed E-state index contributed by atoms with van der Waals surface area (Å²) in [5.74, 6) is 1.97. The van der Waals surface area contributed by atoms with Crippen molar-refractivity contribution in [2.24, 2.45) is 0 Å². The topological polar surface area (TPSA) is 51.8 Å². The molecule has 0 bridgehead atoms. The highest BCUT2D eigenvalue weighted by molar-refractivity contribution is 6.15. The summed E-state index contributed by atoms with van der Waals surface area (Å²) in [5, 5.41) is 2.18. The molecule has 4 nitrogen and oxygen atoms in total. The Kier molecular flexibility index (Phi) is 7.52. The molecular formula is C52H33N3O. The fraction of sp³-hybridized carbons (Fsp3) is 0.0192. The number of nitrogens with zero attached hydrogens (tertiary/aromatic N) is 3. The lowest BCUT2D eigenvalue weighted by atomic mass is 9.89. The van der Waals surface area contributed by atoms with E-state index in [0.717, 1.165) is 60.9 Å². The van der Waals surface area contributed by atoms with Crippen LogP contribution in [0, 0.1) is 0 Å². The molecule has 0 radical (unpaired) electrons. The van der Waals surface area contributed by atoms with Gasteiger partial charge in [0.15, 0.2) is 17.5 Å². The lowest BCUT2D eigenvalue weighted by molar-refractivity contribution is 0.671. The number of benzene rings is 8. The third kappa shape index (κ3) is 5.26. The highest BCUT2D eigenvalue weighted by Crippen LogP contribution is 2.52. The summed E-state index contributed by atoms with van der Waals surface area (Å²) >= 11 is 0. The van der Waals surface area contributed by atoms with Gasteiger partial charge in [-0.2, -0.15) is 0 Å². The molecule has 0 N–H and O–H groups in total. The summed E-state index contributed by atoms with van der Waals surface area (Å²) in [7, 11) is 0. The van der Waals surface area contributed by atoms with Crippen LogP contribution in [-0.2, 0) is 0 Å².